The molecule has 0 aliphatic carbocycles. The quantitative estimate of drug-likeness (QED) is 0.862. The molecule has 2 N–H and O–H groups in total. The number of nitrogen functional groups attached to an aromatic ring is 1. The summed E-state index contributed by atoms with van der Waals surface area (Å²) >= 11 is 1.45. The van der Waals surface area contributed by atoms with E-state index in [1.54, 1.807) is 6.92 Å². The fraction of sp³-hybridized carbons (Fsp3) is 0.643. The monoisotopic (exact) mass is 297 g/mol. The van der Waals surface area contributed by atoms with Crippen LogP contribution in [-0.4, -0.2) is 50.0 Å². The summed E-state index contributed by atoms with van der Waals surface area (Å²) < 4.78 is 5.86. The number of carbonyl (C=O) groups excluding carboxylic acids is 1. The van der Waals surface area contributed by atoms with E-state index in [9.17, 15) is 4.79 Å². The van der Waals surface area contributed by atoms with E-state index in [1.165, 1.54) is 11.3 Å². The van der Waals surface area contributed by atoms with Crippen molar-refractivity contribution in [1.29, 1.82) is 0 Å². The van der Waals surface area contributed by atoms with Crippen molar-refractivity contribution in [2.45, 2.75) is 26.9 Å². The van der Waals surface area contributed by atoms with Gasteiger partial charge in [0.1, 0.15) is 5.00 Å². The van der Waals surface area contributed by atoms with E-state index in [0.29, 0.717) is 16.3 Å². The maximum atomic E-state index is 11.7. The predicted molar refractivity (Wildman–Crippen MR) is 84.2 cm³/mol. The number of rotatable bonds is 4. The molecule has 1 saturated heterocycles. The smallest absolute Gasteiger partial charge is 0.177 e. The lowest BCUT2D eigenvalue weighted by Crippen LogP contribution is -2.44. The van der Waals surface area contributed by atoms with Crippen molar-refractivity contribution in [3.05, 3.63) is 4.88 Å². The molecule has 112 valence electrons. The van der Waals surface area contributed by atoms with E-state index in [2.05, 4.69) is 16.8 Å². The Kier molecular flexibility index (Phi) is 4.55. The third-order valence-electron chi connectivity index (χ3n) is 3.35. The minimum absolute atomic E-state index is 0.00137. The normalized spacial score (nSPS) is 16.8. The molecule has 2 rings (SSSR count). The number of piperazine rings is 1. The first kappa shape index (κ1) is 15.1. The van der Waals surface area contributed by atoms with Crippen LogP contribution in [0.25, 0.3) is 0 Å². The van der Waals surface area contributed by atoms with Crippen LogP contribution in [0.2, 0.25) is 0 Å². The van der Waals surface area contributed by atoms with Crippen LogP contribution in [-0.2, 0) is 0 Å². The second-order valence-corrected chi connectivity index (χ2v) is 6.49. The van der Waals surface area contributed by atoms with Crippen molar-refractivity contribution in [1.82, 2.24) is 4.90 Å². The minimum atomic E-state index is 0.00137. The minimum Gasteiger partial charge on any atom is -0.486 e. The molecule has 20 heavy (non-hydrogen) atoms. The first-order valence-corrected chi connectivity index (χ1v) is 7.75. The summed E-state index contributed by atoms with van der Waals surface area (Å²) in [5, 5.41) is 0.995. The average Bonchev–Trinajstić information content (AvgIpc) is 2.68. The molecule has 1 aromatic rings. The zero-order valence-electron chi connectivity index (χ0n) is 12.6. The summed E-state index contributed by atoms with van der Waals surface area (Å²) in [6.45, 7) is 9.37. The van der Waals surface area contributed by atoms with Gasteiger partial charge in [-0.15, -0.1) is 11.3 Å². The van der Waals surface area contributed by atoms with Crippen LogP contribution in [0.3, 0.4) is 0 Å². The zero-order chi connectivity index (χ0) is 14.9. The molecule has 1 aliphatic heterocycles. The highest BCUT2D eigenvalue weighted by atomic mass is 32.1. The standard InChI is InChI=1S/C14H23N3O2S/c1-9(2)19-12-11(15)13(10(3)18)20-14(12)17-7-5-16(4)6-8-17/h9H,5-8,15H2,1-4H3. The Bertz CT molecular complexity index is 491. The Hall–Kier alpha value is -1.27. The van der Waals surface area contributed by atoms with Crippen molar-refractivity contribution in [3.8, 4) is 5.75 Å². The summed E-state index contributed by atoms with van der Waals surface area (Å²) in [6.07, 6.45) is 0.0397. The molecule has 0 amide bonds. The topological polar surface area (TPSA) is 58.8 Å². The van der Waals surface area contributed by atoms with E-state index in [0.717, 1.165) is 31.2 Å². The third kappa shape index (κ3) is 3.07. The number of nitrogens with zero attached hydrogens (tertiary/aromatic N) is 2. The second-order valence-electron chi connectivity index (χ2n) is 5.49. The van der Waals surface area contributed by atoms with Crippen LogP contribution in [0.1, 0.15) is 30.4 Å². The van der Waals surface area contributed by atoms with Crippen molar-refractivity contribution >= 4 is 27.8 Å². The number of carbonyl (C=O) groups is 1. The number of anilines is 2. The summed E-state index contributed by atoms with van der Waals surface area (Å²) in [5.41, 5.74) is 6.61. The molecule has 0 bridgehead atoms. The molecule has 0 aromatic carbocycles. The van der Waals surface area contributed by atoms with Crippen molar-refractivity contribution < 1.29 is 9.53 Å². The van der Waals surface area contributed by atoms with Crippen LogP contribution in [0, 0.1) is 0 Å². The largest absolute Gasteiger partial charge is 0.486 e. The number of nitrogens with two attached hydrogens (primary N) is 1. The van der Waals surface area contributed by atoms with Gasteiger partial charge in [0.25, 0.3) is 0 Å². The van der Waals surface area contributed by atoms with Gasteiger partial charge in [-0.3, -0.25) is 4.79 Å². The number of Topliss-reactive ketones (excluding diaryl/α,β-unsaturated/α-hetero) is 1. The van der Waals surface area contributed by atoms with Gasteiger partial charge in [-0.25, -0.2) is 0 Å². The number of thiophene rings is 1. The Morgan fingerprint density at radius 3 is 2.40 bits per heavy atom. The summed E-state index contributed by atoms with van der Waals surface area (Å²) in [7, 11) is 2.12. The van der Waals surface area contributed by atoms with Gasteiger partial charge < -0.3 is 20.3 Å². The van der Waals surface area contributed by atoms with Crippen LogP contribution < -0.4 is 15.4 Å². The predicted octanol–water partition coefficient (Wildman–Crippen LogP) is 2.07. The van der Waals surface area contributed by atoms with Crippen LogP contribution >= 0.6 is 11.3 Å². The first-order chi connectivity index (χ1) is 9.40. The Morgan fingerprint density at radius 1 is 1.30 bits per heavy atom. The van der Waals surface area contributed by atoms with Gasteiger partial charge in [-0.05, 0) is 20.9 Å². The fourth-order valence-corrected chi connectivity index (χ4v) is 3.35. The third-order valence-corrected chi connectivity index (χ3v) is 4.69. The van der Waals surface area contributed by atoms with Gasteiger partial charge in [0.2, 0.25) is 0 Å². The maximum Gasteiger partial charge on any atom is 0.177 e. The van der Waals surface area contributed by atoms with E-state index < -0.39 is 0 Å². The molecule has 0 atom stereocenters. The molecule has 2 heterocycles. The van der Waals surface area contributed by atoms with Gasteiger partial charge in [-0.1, -0.05) is 0 Å². The van der Waals surface area contributed by atoms with E-state index in [1.807, 2.05) is 13.8 Å². The Labute approximate surface area is 124 Å². The molecule has 0 radical (unpaired) electrons. The molecule has 0 spiro atoms. The van der Waals surface area contributed by atoms with Gasteiger partial charge in [0.05, 0.1) is 16.7 Å². The first-order valence-electron chi connectivity index (χ1n) is 6.93. The molecule has 5 nitrogen and oxygen atoms in total. The maximum absolute atomic E-state index is 11.7. The van der Waals surface area contributed by atoms with Gasteiger partial charge >= 0.3 is 0 Å². The fourth-order valence-electron chi connectivity index (χ4n) is 2.25. The average molecular weight is 297 g/mol. The highest BCUT2D eigenvalue weighted by molar-refractivity contribution is 7.19. The van der Waals surface area contributed by atoms with Gasteiger partial charge in [0.15, 0.2) is 11.5 Å². The van der Waals surface area contributed by atoms with Crippen LogP contribution in [0.15, 0.2) is 0 Å². The number of hydrogen-bond donors (Lipinski definition) is 1. The van der Waals surface area contributed by atoms with E-state index in [-0.39, 0.29) is 11.9 Å². The van der Waals surface area contributed by atoms with Crippen molar-refractivity contribution in [3.63, 3.8) is 0 Å². The second kappa shape index (κ2) is 6.01. The molecule has 6 heteroatoms. The zero-order valence-corrected chi connectivity index (χ0v) is 13.4. The Morgan fingerprint density at radius 2 is 1.90 bits per heavy atom. The highest BCUT2D eigenvalue weighted by Crippen LogP contribution is 2.45. The molecule has 1 aromatic heterocycles. The lowest BCUT2D eigenvalue weighted by molar-refractivity contribution is 0.102. The molecular formula is C14H23N3O2S. The lowest BCUT2D eigenvalue weighted by Gasteiger charge is -2.33. The Balaban J connectivity index is 2.34. The number of hydrogen-bond acceptors (Lipinski definition) is 6. The summed E-state index contributed by atoms with van der Waals surface area (Å²) in [5.74, 6) is 0.682. The van der Waals surface area contributed by atoms with Gasteiger partial charge in [-0.2, -0.15) is 0 Å². The van der Waals surface area contributed by atoms with Gasteiger partial charge in [0, 0.05) is 33.1 Å². The van der Waals surface area contributed by atoms with Crippen molar-refractivity contribution in [2.75, 3.05) is 43.9 Å². The molecular weight excluding hydrogens is 274 g/mol. The SMILES string of the molecule is CC(=O)c1sc(N2CCN(C)CC2)c(OC(C)C)c1N. The lowest BCUT2D eigenvalue weighted by atomic mass is 10.2. The van der Waals surface area contributed by atoms with Crippen LogP contribution in [0.4, 0.5) is 10.7 Å². The number of ether oxygens (including phenoxy) is 1. The summed E-state index contributed by atoms with van der Waals surface area (Å²) in [4.78, 5) is 16.9. The number of likely N-dealkylation sites (N-methyl/N-ethyl adjacent to an activating group) is 1. The van der Waals surface area contributed by atoms with E-state index in [4.69, 9.17) is 10.5 Å². The highest BCUT2D eigenvalue weighted by Gasteiger charge is 2.26. The van der Waals surface area contributed by atoms with Crippen molar-refractivity contribution in [2.24, 2.45) is 0 Å². The number of ketones is 1. The molecule has 1 fully saturated rings. The van der Waals surface area contributed by atoms with E-state index >= 15 is 0 Å². The molecule has 0 saturated carbocycles. The van der Waals surface area contributed by atoms with Crippen LogP contribution in [0.5, 0.6) is 5.75 Å². The molecule has 0 unspecified atom stereocenters. The molecule has 1 aliphatic rings. The summed E-state index contributed by atoms with van der Waals surface area (Å²) in [6, 6.07) is 0.